The number of rotatable bonds is 7. The molecule has 2 aliphatic rings. The highest BCUT2D eigenvalue weighted by Crippen LogP contribution is 2.31. The maximum Gasteiger partial charge on any atom is 0.274 e. The fourth-order valence-corrected chi connectivity index (χ4v) is 4.85. The van der Waals surface area contributed by atoms with Crippen LogP contribution >= 0.6 is 0 Å². The van der Waals surface area contributed by atoms with Crippen molar-refractivity contribution in [2.45, 2.75) is 31.9 Å². The number of nitrogens with zero attached hydrogens (tertiary/aromatic N) is 2. The molecule has 1 saturated heterocycles. The number of ketones is 1. The Labute approximate surface area is 216 Å². The number of ether oxygens (including phenoxy) is 1. The van der Waals surface area contributed by atoms with E-state index in [9.17, 15) is 28.0 Å². The van der Waals surface area contributed by atoms with Crippen molar-refractivity contribution in [1.82, 2.24) is 14.8 Å². The summed E-state index contributed by atoms with van der Waals surface area (Å²) >= 11 is 0. The summed E-state index contributed by atoms with van der Waals surface area (Å²) in [6, 6.07) is 11.4. The molecule has 1 N–H and O–H groups in total. The van der Waals surface area contributed by atoms with E-state index in [1.165, 1.54) is 15.7 Å². The molecule has 196 valence electrons. The summed E-state index contributed by atoms with van der Waals surface area (Å²) in [5.41, 5.74) is -0.0293. The van der Waals surface area contributed by atoms with Crippen molar-refractivity contribution in [1.29, 1.82) is 0 Å². The summed E-state index contributed by atoms with van der Waals surface area (Å²) in [6.07, 6.45) is 2.14. The second-order valence-corrected chi connectivity index (χ2v) is 9.35. The molecule has 2 bridgehead atoms. The summed E-state index contributed by atoms with van der Waals surface area (Å²) in [4.78, 5) is 54.4. The van der Waals surface area contributed by atoms with Crippen molar-refractivity contribution in [2.24, 2.45) is 0 Å². The van der Waals surface area contributed by atoms with Gasteiger partial charge in [-0.05, 0) is 36.1 Å². The first kappa shape index (κ1) is 25.3. The summed E-state index contributed by atoms with van der Waals surface area (Å²) < 4.78 is 34.2. The molecule has 3 heterocycles. The lowest BCUT2D eigenvalue weighted by atomic mass is 10.0. The van der Waals surface area contributed by atoms with E-state index in [1.807, 2.05) is 6.07 Å². The zero-order valence-corrected chi connectivity index (χ0v) is 20.4. The van der Waals surface area contributed by atoms with Gasteiger partial charge >= 0.3 is 0 Å². The smallest absolute Gasteiger partial charge is 0.274 e. The Balaban J connectivity index is 1.48. The first-order valence-electron chi connectivity index (χ1n) is 12.3. The van der Waals surface area contributed by atoms with Crippen LogP contribution in [0.5, 0.6) is 5.75 Å². The molecule has 2 amide bonds. The number of nitrogens with one attached hydrogen (secondary N) is 1. The first-order valence-corrected chi connectivity index (χ1v) is 12.3. The highest BCUT2D eigenvalue weighted by Gasteiger charge is 2.40. The number of pyridine rings is 1. The monoisotopic (exact) mass is 521 g/mol. The molecular formula is C28H25F2N3O5. The highest BCUT2D eigenvalue weighted by molar-refractivity contribution is 6.01. The topological polar surface area (TPSA) is 97.7 Å². The average molecular weight is 522 g/mol. The Morgan fingerprint density at radius 3 is 2.50 bits per heavy atom. The molecule has 38 heavy (non-hydrogen) atoms. The number of carbonyl (C=O) groups is 3. The molecular weight excluding hydrogens is 496 g/mol. The molecule has 3 aromatic rings. The number of hydrogen-bond acceptors (Lipinski definition) is 5. The molecule has 10 heteroatoms. The van der Waals surface area contributed by atoms with Gasteiger partial charge in [-0.1, -0.05) is 30.3 Å². The molecule has 2 aliphatic heterocycles. The van der Waals surface area contributed by atoms with Crippen LogP contribution in [0.1, 0.15) is 50.9 Å². The van der Waals surface area contributed by atoms with Crippen LogP contribution in [0.2, 0.25) is 0 Å². The molecule has 1 fully saturated rings. The summed E-state index contributed by atoms with van der Waals surface area (Å²) in [5, 5.41) is 2.59. The number of amides is 2. The summed E-state index contributed by atoms with van der Waals surface area (Å²) in [5.74, 6) is -3.03. The Morgan fingerprint density at radius 2 is 1.76 bits per heavy atom. The second kappa shape index (κ2) is 10.6. The molecule has 1 atom stereocenters. The molecule has 0 spiro atoms. The third-order valence-corrected chi connectivity index (χ3v) is 6.73. The van der Waals surface area contributed by atoms with Gasteiger partial charge in [-0.15, -0.1) is 0 Å². The Bertz CT molecular complexity index is 1450. The summed E-state index contributed by atoms with van der Waals surface area (Å²) in [7, 11) is 0. The maximum atomic E-state index is 13.5. The number of carbonyl (C=O) groups excluding carboxylic acids is 3. The number of benzene rings is 2. The van der Waals surface area contributed by atoms with Crippen LogP contribution in [0.25, 0.3) is 0 Å². The van der Waals surface area contributed by atoms with Gasteiger partial charge in [0.1, 0.15) is 29.8 Å². The van der Waals surface area contributed by atoms with Crippen LogP contribution in [0, 0.1) is 11.6 Å². The largest absolute Gasteiger partial charge is 0.483 e. The molecule has 1 unspecified atom stereocenters. The lowest BCUT2D eigenvalue weighted by Crippen LogP contribution is -2.46. The van der Waals surface area contributed by atoms with Crippen LogP contribution in [0.3, 0.4) is 0 Å². The third kappa shape index (κ3) is 5.06. The zero-order valence-electron chi connectivity index (χ0n) is 20.4. The lowest BCUT2D eigenvalue weighted by Gasteiger charge is -2.34. The van der Waals surface area contributed by atoms with Gasteiger partial charge in [0.2, 0.25) is 5.43 Å². The van der Waals surface area contributed by atoms with Crippen molar-refractivity contribution >= 4 is 17.6 Å². The second-order valence-electron chi connectivity index (χ2n) is 9.35. The quantitative estimate of drug-likeness (QED) is 0.516. The van der Waals surface area contributed by atoms with Crippen molar-refractivity contribution in [3.63, 3.8) is 0 Å². The Hall–Kier alpha value is -4.34. The molecule has 8 nitrogen and oxygen atoms in total. The van der Waals surface area contributed by atoms with Gasteiger partial charge in [0, 0.05) is 38.3 Å². The van der Waals surface area contributed by atoms with Crippen LogP contribution in [-0.2, 0) is 17.8 Å². The fourth-order valence-electron chi connectivity index (χ4n) is 4.85. The van der Waals surface area contributed by atoms with Gasteiger partial charge in [0.05, 0.1) is 0 Å². The number of halogens is 2. The predicted molar refractivity (Wildman–Crippen MR) is 133 cm³/mol. The Kier molecular flexibility index (Phi) is 7.04. The van der Waals surface area contributed by atoms with E-state index < -0.39 is 34.9 Å². The molecule has 2 aromatic carbocycles. The van der Waals surface area contributed by atoms with E-state index in [-0.39, 0.29) is 55.3 Å². The summed E-state index contributed by atoms with van der Waals surface area (Å²) in [6.45, 7) is 0.511. The molecule has 5 rings (SSSR count). The van der Waals surface area contributed by atoms with Gasteiger partial charge in [-0.3, -0.25) is 19.2 Å². The van der Waals surface area contributed by atoms with Crippen molar-refractivity contribution in [3.8, 4) is 5.75 Å². The standard InChI is InChI=1S/C28H25F2N3O5/c29-19-11-18(12-20(30)13-19)8-9-31-27(36)21-14-33-22-15-32(10-4-7-23(22)34)28(37)24(33)26(25(21)35)38-16-17-5-2-1-3-6-17/h1-3,5-6,11-14,22H,4,7-10,15-16H2,(H,31,36). The van der Waals surface area contributed by atoms with Gasteiger partial charge in [0.15, 0.2) is 17.2 Å². The fraction of sp³-hybridized carbons (Fsp3) is 0.286. The predicted octanol–water partition coefficient (Wildman–Crippen LogP) is 3.04. The van der Waals surface area contributed by atoms with Crippen molar-refractivity contribution in [3.05, 3.63) is 99.0 Å². The van der Waals surface area contributed by atoms with Crippen LogP contribution < -0.4 is 15.5 Å². The minimum absolute atomic E-state index is 0.00179. The number of fused-ring (bicyclic) bond motifs is 4. The van der Waals surface area contributed by atoms with Crippen LogP contribution in [0.15, 0.2) is 59.5 Å². The lowest BCUT2D eigenvalue weighted by molar-refractivity contribution is -0.122. The van der Waals surface area contributed by atoms with Gasteiger partial charge < -0.3 is 19.5 Å². The van der Waals surface area contributed by atoms with Crippen molar-refractivity contribution < 1.29 is 27.9 Å². The first-order chi connectivity index (χ1) is 18.3. The minimum atomic E-state index is -0.776. The SMILES string of the molecule is O=C(NCCc1cc(F)cc(F)c1)c1cn2c(c(OCc3ccccc3)c1=O)C(=O)N1CCCC(=O)C2C1. The van der Waals surface area contributed by atoms with E-state index in [1.54, 1.807) is 24.3 Å². The normalized spacial score (nSPS) is 16.6. The Morgan fingerprint density at radius 1 is 1.03 bits per heavy atom. The van der Waals surface area contributed by atoms with Crippen LogP contribution in [-0.4, -0.2) is 46.7 Å². The van der Waals surface area contributed by atoms with Gasteiger partial charge in [-0.2, -0.15) is 0 Å². The van der Waals surface area contributed by atoms with Gasteiger partial charge in [-0.25, -0.2) is 8.78 Å². The number of Topliss-reactive ketones (excluding diaryl/α,β-unsaturated/α-hetero) is 1. The minimum Gasteiger partial charge on any atom is -0.483 e. The number of hydrogen-bond donors (Lipinski definition) is 1. The van der Waals surface area contributed by atoms with E-state index in [4.69, 9.17) is 4.74 Å². The van der Waals surface area contributed by atoms with Crippen molar-refractivity contribution in [2.75, 3.05) is 19.6 Å². The molecule has 1 aromatic heterocycles. The van der Waals surface area contributed by atoms with Gasteiger partial charge in [0.25, 0.3) is 11.8 Å². The average Bonchev–Trinajstić information content (AvgIpc) is 3.06. The van der Waals surface area contributed by atoms with E-state index in [2.05, 4.69) is 5.32 Å². The van der Waals surface area contributed by atoms with E-state index >= 15 is 0 Å². The molecule has 0 saturated carbocycles. The zero-order chi connectivity index (χ0) is 26.8. The maximum absolute atomic E-state index is 13.5. The number of aromatic nitrogens is 1. The van der Waals surface area contributed by atoms with E-state index in [0.717, 1.165) is 23.8 Å². The highest BCUT2D eigenvalue weighted by atomic mass is 19.1. The van der Waals surface area contributed by atoms with Crippen LogP contribution in [0.4, 0.5) is 8.78 Å². The van der Waals surface area contributed by atoms with E-state index in [0.29, 0.717) is 18.5 Å². The molecule has 0 radical (unpaired) electrons. The molecule has 0 aliphatic carbocycles. The third-order valence-electron chi connectivity index (χ3n) is 6.73.